The summed E-state index contributed by atoms with van der Waals surface area (Å²) in [6.45, 7) is 19.4. The molecule has 1 amide bonds. The molecule has 0 unspecified atom stereocenters. The number of benzene rings is 2. The Kier molecular flexibility index (Phi) is 13.5. The molecule has 1 saturated carbocycles. The fourth-order valence-corrected chi connectivity index (χ4v) is 5.18. The second-order valence-corrected chi connectivity index (χ2v) is 10.3. The van der Waals surface area contributed by atoms with Gasteiger partial charge in [0.1, 0.15) is 0 Å². The Labute approximate surface area is 236 Å². The number of hydrogen-bond acceptors (Lipinski definition) is 4. The number of allylic oxidation sites excluding steroid dienone is 1. The number of Topliss-reactive ketones (excluding diaryl/α,β-unsaturated/α-hetero) is 1. The number of carbonyl (C=O) groups excluding carboxylic acids is 2. The van der Waals surface area contributed by atoms with Crippen LogP contribution < -0.4 is 5.73 Å². The Morgan fingerprint density at radius 3 is 2.15 bits per heavy atom. The van der Waals surface area contributed by atoms with Crippen LogP contribution in [0, 0.1) is 12.8 Å². The summed E-state index contributed by atoms with van der Waals surface area (Å²) < 4.78 is 5.13. The van der Waals surface area contributed by atoms with Gasteiger partial charge in [-0.05, 0) is 79.0 Å². The van der Waals surface area contributed by atoms with E-state index in [2.05, 4.69) is 45.5 Å². The van der Waals surface area contributed by atoms with Gasteiger partial charge in [-0.15, -0.1) is 0 Å². The monoisotopic (exact) mass is 534 g/mol. The van der Waals surface area contributed by atoms with Crippen LogP contribution in [-0.4, -0.2) is 29.8 Å². The predicted molar refractivity (Wildman–Crippen MR) is 164 cm³/mol. The van der Waals surface area contributed by atoms with Gasteiger partial charge in [0.05, 0.1) is 5.56 Å². The summed E-state index contributed by atoms with van der Waals surface area (Å²) in [6.07, 6.45) is 7.33. The quantitative estimate of drug-likeness (QED) is 0.201. The van der Waals surface area contributed by atoms with Gasteiger partial charge in [-0.1, -0.05) is 72.2 Å². The van der Waals surface area contributed by atoms with Crippen LogP contribution in [0.3, 0.4) is 0 Å². The molecule has 5 heteroatoms. The van der Waals surface area contributed by atoms with Crippen molar-refractivity contribution < 1.29 is 14.3 Å². The molecular weight excluding hydrogens is 484 g/mol. The van der Waals surface area contributed by atoms with E-state index < -0.39 is 0 Å². The van der Waals surface area contributed by atoms with E-state index >= 15 is 0 Å². The molecule has 4 rings (SSSR count). The number of fused-ring (bicyclic) bond motifs is 1. The lowest BCUT2D eigenvalue weighted by molar-refractivity contribution is -0.117. The van der Waals surface area contributed by atoms with E-state index in [0.29, 0.717) is 29.9 Å². The highest BCUT2D eigenvalue weighted by molar-refractivity contribution is 6.22. The smallest absolute Gasteiger partial charge is 0.256 e. The first kappa shape index (κ1) is 32.3. The van der Waals surface area contributed by atoms with E-state index in [4.69, 9.17) is 10.5 Å². The topological polar surface area (TPSA) is 72.6 Å². The summed E-state index contributed by atoms with van der Waals surface area (Å²) in [5, 5.41) is 0. The molecule has 5 nitrogen and oxygen atoms in total. The van der Waals surface area contributed by atoms with Crippen LogP contribution in [0.2, 0.25) is 0 Å². The average molecular weight is 535 g/mol. The summed E-state index contributed by atoms with van der Waals surface area (Å²) in [5.74, 6) is 0.0815. The standard InChI is InChI=1S/C26H30N2O2.C6H14O.C2H6/c1-4-18-9-10-20-14-28(15-21(20)12-18)26(30)23-13-22(16(2)11-24(23)27)17(3)25(29)19-7-5-6-8-19;1-3-5-7-6-4-2;1-2/h9-13,19H,3-8,14-15,27H2,1-2H3;3-6H2,1-2H3;1-2H3. The lowest BCUT2D eigenvalue weighted by Crippen LogP contribution is -2.26. The van der Waals surface area contributed by atoms with Gasteiger partial charge in [0.15, 0.2) is 5.78 Å². The van der Waals surface area contributed by atoms with Crippen LogP contribution in [0.15, 0.2) is 36.9 Å². The van der Waals surface area contributed by atoms with Crippen molar-refractivity contribution in [1.29, 1.82) is 0 Å². The number of anilines is 1. The van der Waals surface area contributed by atoms with E-state index in [9.17, 15) is 9.59 Å². The van der Waals surface area contributed by atoms with Crippen molar-refractivity contribution in [2.24, 2.45) is 5.92 Å². The van der Waals surface area contributed by atoms with Crippen molar-refractivity contribution in [3.63, 3.8) is 0 Å². The molecule has 2 aromatic rings. The highest BCUT2D eigenvalue weighted by Gasteiger charge is 2.29. The zero-order valence-electron chi connectivity index (χ0n) is 25.2. The van der Waals surface area contributed by atoms with E-state index in [-0.39, 0.29) is 17.6 Å². The number of carbonyl (C=O) groups is 2. The number of aryl methyl sites for hydroxylation is 2. The zero-order valence-corrected chi connectivity index (χ0v) is 25.2. The van der Waals surface area contributed by atoms with Gasteiger partial charge < -0.3 is 15.4 Å². The van der Waals surface area contributed by atoms with Gasteiger partial charge in [0, 0.05) is 43.5 Å². The van der Waals surface area contributed by atoms with Crippen molar-refractivity contribution in [2.45, 2.75) is 99.6 Å². The number of amides is 1. The van der Waals surface area contributed by atoms with Crippen LogP contribution in [0.4, 0.5) is 5.69 Å². The van der Waals surface area contributed by atoms with Crippen LogP contribution in [0.1, 0.15) is 111 Å². The first-order chi connectivity index (χ1) is 18.8. The largest absolute Gasteiger partial charge is 0.398 e. The molecule has 0 atom stereocenters. The highest BCUT2D eigenvalue weighted by Crippen LogP contribution is 2.33. The summed E-state index contributed by atoms with van der Waals surface area (Å²) in [5.41, 5.74) is 13.0. The molecule has 2 aromatic carbocycles. The fourth-order valence-electron chi connectivity index (χ4n) is 5.18. The van der Waals surface area contributed by atoms with E-state index in [0.717, 1.165) is 69.3 Å². The molecule has 2 N–H and O–H groups in total. The van der Waals surface area contributed by atoms with Crippen LogP contribution >= 0.6 is 0 Å². The Morgan fingerprint density at radius 2 is 1.56 bits per heavy atom. The Balaban J connectivity index is 0.000000517. The molecule has 1 fully saturated rings. The van der Waals surface area contributed by atoms with Crippen molar-refractivity contribution in [3.05, 3.63) is 70.3 Å². The molecule has 0 bridgehead atoms. The Morgan fingerprint density at radius 1 is 0.949 bits per heavy atom. The molecule has 1 heterocycles. The van der Waals surface area contributed by atoms with Gasteiger partial charge in [-0.2, -0.15) is 0 Å². The molecule has 0 spiro atoms. The molecule has 0 saturated heterocycles. The van der Waals surface area contributed by atoms with Gasteiger partial charge in [-0.3, -0.25) is 9.59 Å². The van der Waals surface area contributed by atoms with E-state index in [1.165, 1.54) is 16.7 Å². The first-order valence-electron chi connectivity index (χ1n) is 14.9. The maximum atomic E-state index is 13.3. The summed E-state index contributed by atoms with van der Waals surface area (Å²) in [7, 11) is 0. The number of hydrogen-bond donors (Lipinski definition) is 1. The predicted octanol–water partition coefficient (Wildman–Crippen LogP) is 7.92. The van der Waals surface area contributed by atoms with Crippen LogP contribution in [-0.2, 0) is 29.0 Å². The third kappa shape index (κ3) is 8.53. The van der Waals surface area contributed by atoms with Gasteiger partial charge >= 0.3 is 0 Å². The third-order valence-corrected chi connectivity index (χ3v) is 7.36. The number of ether oxygens (including phenoxy) is 1. The average Bonchev–Trinajstić information content (AvgIpc) is 3.64. The molecule has 39 heavy (non-hydrogen) atoms. The number of ketones is 1. The number of nitrogen functional groups attached to an aromatic ring is 1. The van der Waals surface area contributed by atoms with Crippen LogP contribution in [0.25, 0.3) is 5.57 Å². The summed E-state index contributed by atoms with van der Waals surface area (Å²) >= 11 is 0. The fraction of sp³-hybridized carbons (Fsp3) is 0.529. The molecule has 2 aliphatic rings. The lowest BCUT2D eigenvalue weighted by Gasteiger charge is -2.19. The van der Waals surface area contributed by atoms with Crippen molar-refractivity contribution in [1.82, 2.24) is 4.90 Å². The number of nitrogens with zero attached hydrogens (tertiary/aromatic N) is 1. The van der Waals surface area contributed by atoms with Crippen molar-refractivity contribution in [2.75, 3.05) is 18.9 Å². The number of nitrogens with two attached hydrogens (primary N) is 1. The van der Waals surface area contributed by atoms with Crippen molar-refractivity contribution >= 4 is 23.0 Å². The highest BCUT2D eigenvalue weighted by atomic mass is 16.5. The Hall–Kier alpha value is -2.92. The minimum Gasteiger partial charge on any atom is -0.398 e. The van der Waals surface area contributed by atoms with E-state index in [1.807, 2.05) is 25.7 Å². The molecule has 1 aliphatic heterocycles. The minimum atomic E-state index is -0.0934. The summed E-state index contributed by atoms with van der Waals surface area (Å²) in [6, 6.07) is 10.0. The summed E-state index contributed by atoms with van der Waals surface area (Å²) in [4.78, 5) is 28.1. The van der Waals surface area contributed by atoms with Crippen molar-refractivity contribution in [3.8, 4) is 0 Å². The molecule has 0 aromatic heterocycles. The van der Waals surface area contributed by atoms with Gasteiger partial charge in [-0.25, -0.2) is 0 Å². The lowest BCUT2D eigenvalue weighted by atomic mass is 9.89. The number of rotatable bonds is 9. The first-order valence-corrected chi connectivity index (χ1v) is 14.9. The maximum Gasteiger partial charge on any atom is 0.256 e. The molecule has 1 aliphatic carbocycles. The minimum absolute atomic E-state index is 0.0643. The molecule has 214 valence electrons. The van der Waals surface area contributed by atoms with E-state index in [1.54, 1.807) is 12.1 Å². The van der Waals surface area contributed by atoms with Gasteiger partial charge in [0.2, 0.25) is 0 Å². The zero-order chi connectivity index (χ0) is 28.9. The Bertz CT molecular complexity index is 1110. The maximum absolute atomic E-state index is 13.3. The SMILES string of the molecule is C=C(C(=O)C1CCCC1)c1cc(C(=O)N2Cc3ccc(CC)cc3C2)c(N)cc1C.CC.CCCOCCC. The molecular formula is C34H50N2O3. The van der Waals surface area contributed by atoms with Gasteiger partial charge in [0.25, 0.3) is 5.91 Å². The second kappa shape index (κ2) is 16.2. The normalized spacial score (nSPS) is 14.2. The third-order valence-electron chi connectivity index (χ3n) is 7.36. The second-order valence-electron chi connectivity index (χ2n) is 10.3. The van der Waals surface area contributed by atoms with Crippen LogP contribution in [0.5, 0.6) is 0 Å². The molecule has 0 radical (unpaired) electrons.